The van der Waals surface area contributed by atoms with Crippen molar-refractivity contribution in [3.05, 3.63) is 88.8 Å². The molecule has 9 nitrogen and oxygen atoms in total. The lowest BCUT2D eigenvalue weighted by molar-refractivity contribution is -0.116. The lowest BCUT2D eigenvalue weighted by Crippen LogP contribution is -2.42. The molecular formula is C28H27N5O4. The summed E-state index contributed by atoms with van der Waals surface area (Å²) in [5, 5.41) is 5.60. The molecule has 0 spiro atoms. The molecule has 2 N–H and O–H groups in total. The van der Waals surface area contributed by atoms with E-state index in [2.05, 4.69) is 10.6 Å². The summed E-state index contributed by atoms with van der Waals surface area (Å²) in [5.41, 5.74) is 3.73. The summed E-state index contributed by atoms with van der Waals surface area (Å²) in [4.78, 5) is 52.2. The Kier molecular flexibility index (Phi) is 6.59. The summed E-state index contributed by atoms with van der Waals surface area (Å²) in [5.74, 6) is -0.796. The maximum Gasteiger partial charge on any atom is 0.329 e. The highest BCUT2D eigenvalue weighted by molar-refractivity contribution is 6.15. The number of hydrogen-bond donors (Lipinski definition) is 2. The summed E-state index contributed by atoms with van der Waals surface area (Å²) in [7, 11) is 0. The van der Waals surface area contributed by atoms with Crippen LogP contribution in [0.2, 0.25) is 0 Å². The van der Waals surface area contributed by atoms with Crippen LogP contribution >= 0.6 is 0 Å². The van der Waals surface area contributed by atoms with Gasteiger partial charge in [0.2, 0.25) is 11.8 Å². The first-order valence-corrected chi connectivity index (χ1v) is 12.2. The van der Waals surface area contributed by atoms with E-state index in [0.717, 1.165) is 17.5 Å². The van der Waals surface area contributed by atoms with Crippen molar-refractivity contribution < 1.29 is 14.4 Å². The summed E-state index contributed by atoms with van der Waals surface area (Å²) < 4.78 is 3.38. The Labute approximate surface area is 213 Å². The number of para-hydroxylation sites is 4. The number of aryl methyl sites for hydroxylation is 2. The van der Waals surface area contributed by atoms with Crippen molar-refractivity contribution in [2.75, 3.05) is 22.1 Å². The molecule has 3 aromatic carbocycles. The molecule has 0 atom stereocenters. The van der Waals surface area contributed by atoms with Crippen molar-refractivity contribution in [2.45, 2.75) is 32.9 Å². The van der Waals surface area contributed by atoms with Gasteiger partial charge in [-0.05, 0) is 55.0 Å². The third-order valence-electron chi connectivity index (χ3n) is 6.37. The largest absolute Gasteiger partial charge is 0.329 e. The van der Waals surface area contributed by atoms with Crippen LogP contribution in [0.1, 0.15) is 30.1 Å². The third kappa shape index (κ3) is 4.75. The molecule has 4 aromatic rings. The fourth-order valence-electron chi connectivity index (χ4n) is 4.63. The van der Waals surface area contributed by atoms with Gasteiger partial charge in [0.05, 0.1) is 22.4 Å². The van der Waals surface area contributed by atoms with Crippen LogP contribution in [0.5, 0.6) is 0 Å². The second-order valence-corrected chi connectivity index (χ2v) is 8.91. The van der Waals surface area contributed by atoms with Crippen molar-refractivity contribution in [1.82, 2.24) is 9.13 Å². The molecule has 1 aliphatic heterocycles. The Bertz CT molecular complexity index is 1550. The molecule has 0 unspecified atom stereocenters. The van der Waals surface area contributed by atoms with Crippen molar-refractivity contribution in [1.29, 1.82) is 0 Å². The second-order valence-electron chi connectivity index (χ2n) is 8.91. The zero-order valence-electron chi connectivity index (χ0n) is 20.4. The van der Waals surface area contributed by atoms with E-state index in [1.807, 2.05) is 37.3 Å². The topological polar surface area (TPSA) is 105 Å². The van der Waals surface area contributed by atoms with E-state index in [4.69, 9.17) is 0 Å². The second kappa shape index (κ2) is 10.1. The number of carbonyl (C=O) groups is 3. The summed E-state index contributed by atoms with van der Waals surface area (Å²) in [6, 6.07) is 21.3. The molecule has 0 bridgehead atoms. The predicted molar refractivity (Wildman–Crippen MR) is 143 cm³/mol. The van der Waals surface area contributed by atoms with Crippen molar-refractivity contribution >= 4 is 45.8 Å². The van der Waals surface area contributed by atoms with Crippen LogP contribution in [-0.2, 0) is 22.7 Å². The number of amides is 3. The number of hydrogen-bond acceptors (Lipinski definition) is 4. The average Bonchev–Trinajstić information content (AvgIpc) is 3.17. The van der Waals surface area contributed by atoms with Crippen LogP contribution in [0.15, 0.2) is 77.6 Å². The highest BCUT2D eigenvalue weighted by Crippen LogP contribution is 2.30. The minimum atomic E-state index is -0.303. The van der Waals surface area contributed by atoms with Crippen LogP contribution in [0.4, 0.5) is 17.1 Å². The summed E-state index contributed by atoms with van der Waals surface area (Å²) in [6.07, 6.45) is 0.963. The predicted octanol–water partition coefficient (Wildman–Crippen LogP) is 3.84. The number of nitrogens with one attached hydrogen (secondary N) is 2. The number of fused-ring (bicyclic) bond motifs is 2. The van der Waals surface area contributed by atoms with Gasteiger partial charge in [0.1, 0.15) is 6.54 Å². The number of rotatable bonds is 7. The zero-order valence-corrected chi connectivity index (χ0v) is 20.4. The maximum atomic E-state index is 13.1. The van der Waals surface area contributed by atoms with Crippen LogP contribution < -0.4 is 21.2 Å². The van der Waals surface area contributed by atoms with E-state index in [0.29, 0.717) is 29.2 Å². The smallest absolute Gasteiger partial charge is 0.326 e. The number of carbonyl (C=O) groups excluding carboxylic acids is 3. The van der Waals surface area contributed by atoms with Crippen molar-refractivity contribution in [3.63, 3.8) is 0 Å². The molecule has 1 aliphatic rings. The average molecular weight is 498 g/mol. The normalized spacial score (nSPS) is 12.8. The molecule has 0 aliphatic carbocycles. The monoisotopic (exact) mass is 497 g/mol. The molecule has 9 heteroatoms. The molecule has 0 saturated heterocycles. The number of nitrogens with zero attached hydrogens (tertiary/aromatic N) is 3. The van der Waals surface area contributed by atoms with E-state index < -0.39 is 0 Å². The number of benzene rings is 3. The van der Waals surface area contributed by atoms with Gasteiger partial charge >= 0.3 is 5.69 Å². The molecular weight excluding hydrogens is 470 g/mol. The van der Waals surface area contributed by atoms with Crippen LogP contribution in [-0.4, -0.2) is 33.4 Å². The number of aromatic nitrogens is 2. The molecule has 2 heterocycles. The Hall–Kier alpha value is -4.66. The van der Waals surface area contributed by atoms with E-state index in [-0.39, 0.29) is 42.9 Å². The summed E-state index contributed by atoms with van der Waals surface area (Å²) >= 11 is 0. The Morgan fingerprint density at radius 2 is 1.51 bits per heavy atom. The van der Waals surface area contributed by atoms with Gasteiger partial charge in [-0.15, -0.1) is 0 Å². The standard InChI is InChI=1S/C28H27N5O4/c1-2-16-31-23-9-5-6-10-24(23)32(28(31)37)17-15-25(34)29-20-13-11-19(12-14-20)27(36)33-18-26(35)30-21-7-3-4-8-22(21)33/h3-14H,2,15-18H2,1H3,(H,29,34)(H,30,35). The first-order chi connectivity index (χ1) is 18.0. The molecule has 1 aromatic heterocycles. The van der Waals surface area contributed by atoms with Gasteiger partial charge in [-0.25, -0.2) is 4.79 Å². The van der Waals surface area contributed by atoms with Gasteiger partial charge in [-0.2, -0.15) is 0 Å². The molecule has 3 amide bonds. The van der Waals surface area contributed by atoms with Gasteiger partial charge in [0.15, 0.2) is 0 Å². The first kappa shape index (κ1) is 24.1. The van der Waals surface area contributed by atoms with Gasteiger partial charge in [0.25, 0.3) is 5.91 Å². The van der Waals surface area contributed by atoms with Crippen LogP contribution in [0.25, 0.3) is 11.0 Å². The Balaban J connectivity index is 1.25. The third-order valence-corrected chi connectivity index (χ3v) is 6.37. The Morgan fingerprint density at radius 1 is 0.865 bits per heavy atom. The van der Waals surface area contributed by atoms with Gasteiger partial charge in [-0.3, -0.25) is 28.4 Å². The SMILES string of the molecule is CCCn1c(=O)n(CCC(=O)Nc2ccc(C(=O)N3CC(=O)Nc4ccccc43)cc2)c2ccccc21. The number of imidazole rings is 1. The number of anilines is 3. The minimum Gasteiger partial charge on any atom is -0.326 e. The zero-order chi connectivity index (χ0) is 25.9. The van der Waals surface area contributed by atoms with E-state index >= 15 is 0 Å². The summed E-state index contributed by atoms with van der Waals surface area (Å²) in [6.45, 7) is 2.83. The fraction of sp³-hybridized carbons (Fsp3) is 0.214. The van der Waals surface area contributed by atoms with Gasteiger partial charge in [0, 0.05) is 30.8 Å². The van der Waals surface area contributed by atoms with E-state index in [1.165, 1.54) is 4.90 Å². The van der Waals surface area contributed by atoms with Crippen LogP contribution in [0.3, 0.4) is 0 Å². The van der Waals surface area contributed by atoms with Crippen LogP contribution in [0, 0.1) is 0 Å². The molecule has 0 saturated carbocycles. The van der Waals surface area contributed by atoms with E-state index in [1.54, 1.807) is 51.6 Å². The van der Waals surface area contributed by atoms with E-state index in [9.17, 15) is 19.2 Å². The minimum absolute atomic E-state index is 0.0671. The molecule has 0 radical (unpaired) electrons. The first-order valence-electron chi connectivity index (χ1n) is 12.2. The molecule has 5 rings (SSSR count). The lowest BCUT2D eigenvalue weighted by Gasteiger charge is -2.29. The van der Waals surface area contributed by atoms with Gasteiger partial charge in [-0.1, -0.05) is 31.2 Å². The van der Waals surface area contributed by atoms with Crippen molar-refractivity contribution in [2.24, 2.45) is 0 Å². The quantitative estimate of drug-likeness (QED) is 0.405. The van der Waals surface area contributed by atoms with Gasteiger partial charge < -0.3 is 10.6 Å². The Morgan fingerprint density at radius 3 is 2.22 bits per heavy atom. The fourth-order valence-corrected chi connectivity index (χ4v) is 4.63. The lowest BCUT2D eigenvalue weighted by atomic mass is 10.1. The molecule has 37 heavy (non-hydrogen) atoms. The molecule has 0 fully saturated rings. The highest BCUT2D eigenvalue weighted by Gasteiger charge is 2.27. The maximum absolute atomic E-state index is 13.1. The van der Waals surface area contributed by atoms with Crippen molar-refractivity contribution in [3.8, 4) is 0 Å². The molecule has 188 valence electrons. The highest BCUT2D eigenvalue weighted by atomic mass is 16.2.